The monoisotopic (exact) mass is 355 g/mol. The molecule has 0 aromatic heterocycles. The Balaban J connectivity index is 1.42. The molecule has 26 heavy (non-hydrogen) atoms. The van der Waals surface area contributed by atoms with Gasteiger partial charge < -0.3 is 16.0 Å². The van der Waals surface area contributed by atoms with Crippen molar-refractivity contribution in [3.8, 4) is 0 Å². The average molecular weight is 355 g/mol. The maximum atomic E-state index is 13.6. The summed E-state index contributed by atoms with van der Waals surface area (Å²) in [5.41, 5.74) is 2.41. The Kier molecular flexibility index (Phi) is 6.47. The van der Waals surface area contributed by atoms with E-state index in [1.54, 1.807) is 12.1 Å². The van der Waals surface area contributed by atoms with Crippen LogP contribution < -0.4 is 16.0 Å². The van der Waals surface area contributed by atoms with Crippen LogP contribution in [0.25, 0.3) is 0 Å². The van der Waals surface area contributed by atoms with Crippen molar-refractivity contribution in [1.29, 1.82) is 0 Å². The zero-order valence-corrected chi connectivity index (χ0v) is 14.9. The van der Waals surface area contributed by atoms with Crippen molar-refractivity contribution in [3.05, 3.63) is 59.9 Å². The van der Waals surface area contributed by atoms with Crippen LogP contribution in [0.4, 0.5) is 20.6 Å². The minimum absolute atomic E-state index is 0.142. The van der Waals surface area contributed by atoms with E-state index in [-0.39, 0.29) is 11.8 Å². The topological polar surface area (TPSA) is 53.2 Å². The zero-order chi connectivity index (χ0) is 18.2. The summed E-state index contributed by atoms with van der Waals surface area (Å²) < 4.78 is 13.6. The van der Waals surface area contributed by atoms with Gasteiger partial charge in [0.05, 0.1) is 0 Å². The molecule has 2 aromatic carbocycles. The van der Waals surface area contributed by atoms with Crippen LogP contribution in [0.1, 0.15) is 37.7 Å². The molecule has 138 valence electrons. The highest BCUT2D eigenvalue weighted by Crippen LogP contribution is 2.18. The standard InChI is InChI=1S/C21H26FN3O/c22-20-9-5-4-6-16(20)14-15-23-17-10-12-19(13-11-17)25-21(26)24-18-7-2-1-3-8-18/h4-6,9-13,18,23H,1-3,7-8,14-15H2,(H2,24,25,26). The first-order chi connectivity index (χ1) is 12.7. The molecular formula is C21H26FN3O. The van der Waals surface area contributed by atoms with E-state index in [0.717, 1.165) is 24.2 Å². The lowest BCUT2D eigenvalue weighted by molar-refractivity contribution is 0.244. The first-order valence-corrected chi connectivity index (χ1v) is 9.35. The molecular weight excluding hydrogens is 329 g/mol. The second-order valence-electron chi connectivity index (χ2n) is 6.78. The van der Waals surface area contributed by atoms with Crippen LogP contribution in [-0.2, 0) is 6.42 Å². The number of nitrogens with one attached hydrogen (secondary N) is 3. The van der Waals surface area contributed by atoms with Gasteiger partial charge in [-0.1, -0.05) is 37.5 Å². The number of hydrogen-bond donors (Lipinski definition) is 3. The third-order valence-corrected chi connectivity index (χ3v) is 4.76. The smallest absolute Gasteiger partial charge is 0.319 e. The summed E-state index contributed by atoms with van der Waals surface area (Å²) in [5.74, 6) is -0.169. The summed E-state index contributed by atoms with van der Waals surface area (Å²) in [7, 11) is 0. The number of amides is 2. The van der Waals surface area contributed by atoms with Gasteiger partial charge in [0.25, 0.3) is 0 Å². The molecule has 0 aliphatic heterocycles. The van der Waals surface area contributed by atoms with E-state index >= 15 is 0 Å². The molecule has 2 amide bonds. The Bertz CT molecular complexity index is 711. The van der Waals surface area contributed by atoms with Crippen LogP contribution in [0.2, 0.25) is 0 Å². The van der Waals surface area contributed by atoms with Gasteiger partial charge in [-0.2, -0.15) is 0 Å². The first-order valence-electron chi connectivity index (χ1n) is 9.35. The van der Waals surface area contributed by atoms with E-state index in [1.807, 2.05) is 30.3 Å². The molecule has 0 bridgehead atoms. The molecule has 0 spiro atoms. The van der Waals surface area contributed by atoms with Crippen LogP contribution in [0.3, 0.4) is 0 Å². The van der Waals surface area contributed by atoms with E-state index in [4.69, 9.17) is 0 Å². The molecule has 5 heteroatoms. The average Bonchev–Trinajstić information content (AvgIpc) is 2.65. The summed E-state index contributed by atoms with van der Waals surface area (Å²) in [6.45, 7) is 0.649. The van der Waals surface area contributed by atoms with Gasteiger partial charge in [-0.05, 0) is 55.2 Å². The number of rotatable bonds is 6. The number of hydrogen-bond acceptors (Lipinski definition) is 2. The predicted octanol–water partition coefficient (Wildman–Crippen LogP) is 4.93. The lowest BCUT2D eigenvalue weighted by atomic mass is 9.96. The van der Waals surface area contributed by atoms with E-state index in [1.165, 1.54) is 25.3 Å². The zero-order valence-electron chi connectivity index (χ0n) is 14.9. The molecule has 1 aliphatic carbocycles. The summed E-state index contributed by atoms with van der Waals surface area (Å²) in [6.07, 6.45) is 6.41. The van der Waals surface area contributed by atoms with Crippen LogP contribution in [0, 0.1) is 5.82 Å². The maximum Gasteiger partial charge on any atom is 0.319 e. The molecule has 1 fully saturated rings. The van der Waals surface area contributed by atoms with Gasteiger partial charge in [-0.25, -0.2) is 9.18 Å². The van der Waals surface area contributed by atoms with Gasteiger partial charge in [-0.3, -0.25) is 0 Å². The molecule has 1 aliphatic rings. The number of anilines is 2. The van der Waals surface area contributed by atoms with Crippen molar-refractivity contribution < 1.29 is 9.18 Å². The van der Waals surface area contributed by atoms with Crippen LogP contribution in [-0.4, -0.2) is 18.6 Å². The Morgan fingerprint density at radius 2 is 1.65 bits per heavy atom. The summed E-state index contributed by atoms with van der Waals surface area (Å²) >= 11 is 0. The van der Waals surface area contributed by atoms with Crippen molar-refractivity contribution in [1.82, 2.24) is 5.32 Å². The Morgan fingerprint density at radius 1 is 0.962 bits per heavy atom. The molecule has 0 saturated heterocycles. The van der Waals surface area contributed by atoms with Crippen molar-refractivity contribution in [3.63, 3.8) is 0 Å². The van der Waals surface area contributed by atoms with Gasteiger partial charge in [0.2, 0.25) is 0 Å². The fourth-order valence-corrected chi connectivity index (χ4v) is 3.31. The molecule has 0 heterocycles. The summed E-state index contributed by atoms with van der Waals surface area (Å²) in [5, 5.41) is 9.19. The molecule has 3 rings (SSSR count). The SMILES string of the molecule is O=C(Nc1ccc(NCCc2ccccc2F)cc1)NC1CCCCC1. The van der Waals surface area contributed by atoms with E-state index < -0.39 is 0 Å². The van der Waals surface area contributed by atoms with Crippen LogP contribution in [0.15, 0.2) is 48.5 Å². The minimum Gasteiger partial charge on any atom is -0.385 e. The van der Waals surface area contributed by atoms with Crippen molar-refractivity contribution in [2.45, 2.75) is 44.6 Å². The Morgan fingerprint density at radius 3 is 2.38 bits per heavy atom. The fraction of sp³-hybridized carbons (Fsp3) is 0.381. The molecule has 3 N–H and O–H groups in total. The fourth-order valence-electron chi connectivity index (χ4n) is 3.31. The Labute approximate surface area is 154 Å². The van der Waals surface area contributed by atoms with Gasteiger partial charge in [0, 0.05) is 24.0 Å². The maximum absolute atomic E-state index is 13.6. The lowest BCUT2D eigenvalue weighted by Crippen LogP contribution is -2.38. The van der Waals surface area contributed by atoms with Crippen LogP contribution >= 0.6 is 0 Å². The quantitative estimate of drug-likeness (QED) is 0.688. The predicted molar refractivity (Wildman–Crippen MR) is 104 cm³/mol. The van der Waals surface area contributed by atoms with Crippen molar-refractivity contribution in [2.24, 2.45) is 0 Å². The second kappa shape index (κ2) is 9.22. The van der Waals surface area contributed by atoms with Gasteiger partial charge >= 0.3 is 6.03 Å². The van der Waals surface area contributed by atoms with Crippen molar-refractivity contribution >= 4 is 17.4 Å². The highest BCUT2D eigenvalue weighted by molar-refractivity contribution is 5.89. The summed E-state index contributed by atoms with van der Waals surface area (Å²) in [6, 6.07) is 14.5. The largest absolute Gasteiger partial charge is 0.385 e. The number of carbonyl (C=O) groups excluding carboxylic acids is 1. The second-order valence-corrected chi connectivity index (χ2v) is 6.78. The number of halogens is 1. The lowest BCUT2D eigenvalue weighted by Gasteiger charge is -2.22. The minimum atomic E-state index is -0.169. The van der Waals surface area contributed by atoms with Crippen molar-refractivity contribution in [2.75, 3.05) is 17.2 Å². The third kappa shape index (κ3) is 5.48. The molecule has 4 nitrogen and oxygen atoms in total. The molecule has 1 saturated carbocycles. The molecule has 0 atom stereocenters. The number of urea groups is 1. The van der Waals surface area contributed by atoms with E-state index in [9.17, 15) is 9.18 Å². The highest BCUT2D eigenvalue weighted by atomic mass is 19.1. The first kappa shape index (κ1) is 18.2. The molecule has 2 aromatic rings. The number of carbonyl (C=O) groups is 1. The normalized spacial score (nSPS) is 14.7. The third-order valence-electron chi connectivity index (χ3n) is 4.76. The summed E-state index contributed by atoms with van der Waals surface area (Å²) in [4.78, 5) is 12.1. The van der Waals surface area contributed by atoms with E-state index in [2.05, 4.69) is 16.0 Å². The van der Waals surface area contributed by atoms with E-state index in [0.29, 0.717) is 24.6 Å². The Hall–Kier alpha value is -2.56. The van der Waals surface area contributed by atoms with Crippen LogP contribution in [0.5, 0.6) is 0 Å². The molecule has 0 unspecified atom stereocenters. The van der Waals surface area contributed by atoms with Gasteiger partial charge in [-0.15, -0.1) is 0 Å². The van der Waals surface area contributed by atoms with Gasteiger partial charge in [0.15, 0.2) is 0 Å². The highest BCUT2D eigenvalue weighted by Gasteiger charge is 2.15. The molecule has 0 radical (unpaired) electrons. The van der Waals surface area contributed by atoms with Gasteiger partial charge in [0.1, 0.15) is 5.82 Å². The number of benzene rings is 2.